The summed E-state index contributed by atoms with van der Waals surface area (Å²) in [6.45, 7) is 13.1. The van der Waals surface area contributed by atoms with Gasteiger partial charge in [-0.2, -0.15) is 0 Å². The zero-order valence-corrected chi connectivity index (χ0v) is 23.1. The third kappa shape index (κ3) is 4.41. The van der Waals surface area contributed by atoms with Gasteiger partial charge in [0.1, 0.15) is 17.9 Å². The average Bonchev–Trinajstić information content (AvgIpc) is 2.90. The van der Waals surface area contributed by atoms with Gasteiger partial charge in [0.2, 0.25) is 5.91 Å². The Hall–Kier alpha value is -2.86. The Kier molecular flexibility index (Phi) is 6.71. The van der Waals surface area contributed by atoms with Gasteiger partial charge in [-0.3, -0.25) is 9.69 Å². The quantitative estimate of drug-likeness (QED) is 0.397. The molecule has 1 amide bonds. The first-order valence-corrected chi connectivity index (χ1v) is 14.4. The van der Waals surface area contributed by atoms with E-state index < -0.39 is 5.63 Å². The first-order chi connectivity index (χ1) is 18.3. The summed E-state index contributed by atoms with van der Waals surface area (Å²) in [4.78, 5) is 31.9. The zero-order chi connectivity index (χ0) is 26.6. The Bertz CT molecular complexity index is 1370. The number of rotatable bonds is 5. The molecule has 38 heavy (non-hydrogen) atoms. The van der Waals surface area contributed by atoms with Crippen LogP contribution < -0.4 is 10.4 Å². The molecular weight excluding hydrogens is 476 g/mol. The molecule has 0 saturated carbocycles. The van der Waals surface area contributed by atoms with Gasteiger partial charge in [-0.25, -0.2) is 4.79 Å². The van der Waals surface area contributed by atoms with E-state index in [1.807, 2.05) is 32.9 Å². The second-order valence-electron chi connectivity index (χ2n) is 12.1. The largest absolute Gasteiger partial charge is 0.489 e. The van der Waals surface area contributed by atoms with Gasteiger partial charge in [0, 0.05) is 30.1 Å². The smallest absolute Gasteiger partial charge is 0.340 e. The summed E-state index contributed by atoms with van der Waals surface area (Å²) >= 11 is 0. The highest BCUT2D eigenvalue weighted by Gasteiger charge is 2.46. The van der Waals surface area contributed by atoms with Crippen molar-refractivity contribution >= 4 is 16.9 Å². The second kappa shape index (κ2) is 10.0. The third-order valence-corrected chi connectivity index (χ3v) is 9.43. The average molecular weight is 517 g/mol. The lowest BCUT2D eigenvalue weighted by Crippen LogP contribution is -2.60. The Labute approximate surface area is 225 Å². The van der Waals surface area contributed by atoms with Crippen molar-refractivity contribution in [1.82, 2.24) is 9.80 Å². The topological polar surface area (TPSA) is 63.0 Å². The van der Waals surface area contributed by atoms with E-state index in [4.69, 9.17) is 9.15 Å². The number of likely N-dealkylation sites (tertiary alicyclic amines) is 1. The van der Waals surface area contributed by atoms with E-state index in [0.29, 0.717) is 41.4 Å². The predicted octanol–water partition coefficient (Wildman–Crippen LogP) is 5.33. The molecule has 3 fully saturated rings. The number of carbonyl (C=O) groups excluding carboxylic acids is 1. The molecule has 4 aliphatic rings. The number of ether oxygens (including phenoxy) is 1. The minimum atomic E-state index is -0.422. The van der Waals surface area contributed by atoms with Gasteiger partial charge in [-0.15, -0.1) is 0 Å². The summed E-state index contributed by atoms with van der Waals surface area (Å²) in [7, 11) is 0. The molecule has 0 radical (unpaired) electrons. The van der Waals surface area contributed by atoms with Crippen molar-refractivity contribution in [3.05, 3.63) is 63.0 Å². The van der Waals surface area contributed by atoms with E-state index in [-0.39, 0.29) is 18.4 Å². The Morgan fingerprint density at radius 3 is 2.82 bits per heavy atom. The lowest BCUT2D eigenvalue weighted by Gasteiger charge is -2.54. The summed E-state index contributed by atoms with van der Waals surface area (Å²) in [5.74, 6) is 1.86. The number of piperidine rings is 3. The summed E-state index contributed by atoms with van der Waals surface area (Å²) < 4.78 is 11.7. The molecule has 202 valence electrons. The van der Waals surface area contributed by atoms with Gasteiger partial charge >= 0.3 is 5.63 Å². The van der Waals surface area contributed by atoms with E-state index in [0.717, 1.165) is 48.0 Å². The van der Waals surface area contributed by atoms with Crippen LogP contribution in [0.5, 0.6) is 5.75 Å². The Morgan fingerprint density at radius 1 is 1.16 bits per heavy atom. The molecule has 2 unspecified atom stereocenters. The van der Waals surface area contributed by atoms with Crippen molar-refractivity contribution in [3.63, 3.8) is 0 Å². The maximum absolute atomic E-state index is 13.9. The number of amides is 1. The Morgan fingerprint density at radius 2 is 2.00 bits per heavy atom. The lowest BCUT2D eigenvalue weighted by atomic mass is 9.68. The fraction of sp³-hybridized carbons (Fsp3) is 0.562. The van der Waals surface area contributed by atoms with Crippen molar-refractivity contribution in [2.75, 3.05) is 26.2 Å². The number of hydrogen-bond donors (Lipinski definition) is 0. The molecular formula is C32H40N2O4. The van der Waals surface area contributed by atoms with Crippen LogP contribution in [0.1, 0.15) is 62.1 Å². The molecule has 4 heterocycles. The van der Waals surface area contributed by atoms with Crippen LogP contribution in [-0.2, 0) is 11.2 Å². The molecule has 2 bridgehead atoms. The molecule has 1 aromatic heterocycles. The Balaban J connectivity index is 1.27. The summed E-state index contributed by atoms with van der Waals surface area (Å²) in [6.07, 6.45) is 9.85. The van der Waals surface area contributed by atoms with E-state index in [1.54, 1.807) is 0 Å². The third-order valence-electron chi connectivity index (χ3n) is 9.43. The molecule has 1 aliphatic carbocycles. The monoisotopic (exact) mass is 516 g/mol. The van der Waals surface area contributed by atoms with E-state index in [1.165, 1.54) is 37.8 Å². The molecule has 2 aromatic rings. The lowest BCUT2D eigenvalue weighted by molar-refractivity contribution is -0.135. The predicted molar refractivity (Wildman–Crippen MR) is 150 cm³/mol. The van der Waals surface area contributed by atoms with Crippen LogP contribution in [0.2, 0.25) is 0 Å². The molecule has 4 atom stereocenters. The van der Waals surface area contributed by atoms with E-state index >= 15 is 0 Å². The first-order valence-electron chi connectivity index (χ1n) is 14.4. The fourth-order valence-corrected chi connectivity index (χ4v) is 7.64. The number of aryl methyl sites for hydroxylation is 2. The van der Waals surface area contributed by atoms with Gasteiger partial charge in [-0.1, -0.05) is 24.6 Å². The van der Waals surface area contributed by atoms with Crippen LogP contribution in [0.3, 0.4) is 0 Å². The van der Waals surface area contributed by atoms with Crippen LogP contribution in [0.4, 0.5) is 0 Å². The van der Waals surface area contributed by atoms with Crippen molar-refractivity contribution in [3.8, 4) is 5.75 Å². The van der Waals surface area contributed by atoms with E-state index in [2.05, 4.69) is 22.5 Å². The molecule has 6 heteroatoms. The SMILES string of the molecule is C=C(C)COc1ccc2c(C)c(CC(=O)N3CCCC4=CC5CC(CN6CCCC[C@H]56)[C@@H]43)c(=O)oc2c1C. The van der Waals surface area contributed by atoms with Gasteiger partial charge < -0.3 is 14.1 Å². The van der Waals surface area contributed by atoms with Crippen molar-refractivity contribution in [1.29, 1.82) is 0 Å². The number of benzene rings is 1. The van der Waals surface area contributed by atoms with Gasteiger partial charge in [0.25, 0.3) is 0 Å². The highest BCUT2D eigenvalue weighted by Crippen LogP contribution is 2.45. The van der Waals surface area contributed by atoms with Crippen molar-refractivity contribution < 1.29 is 13.9 Å². The maximum Gasteiger partial charge on any atom is 0.340 e. The first kappa shape index (κ1) is 25.4. The van der Waals surface area contributed by atoms with Gasteiger partial charge in [0.15, 0.2) is 0 Å². The zero-order valence-electron chi connectivity index (χ0n) is 23.1. The maximum atomic E-state index is 13.9. The fourth-order valence-electron chi connectivity index (χ4n) is 7.64. The molecule has 1 aromatic carbocycles. The normalized spacial score (nSPS) is 26.9. The molecule has 6 nitrogen and oxygen atoms in total. The number of hydrogen-bond acceptors (Lipinski definition) is 5. The molecule has 0 N–H and O–H groups in total. The molecule has 0 spiro atoms. The van der Waals surface area contributed by atoms with Crippen LogP contribution in [0.15, 0.2) is 45.1 Å². The number of carbonyl (C=O) groups is 1. The molecule has 3 saturated heterocycles. The van der Waals surface area contributed by atoms with Crippen LogP contribution >= 0.6 is 0 Å². The summed E-state index contributed by atoms with van der Waals surface area (Å²) in [5.41, 5.74) is 4.58. The van der Waals surface area contributed by atoms with Crippen molar-refractivity contribution in [2.45, 2.75) is 77.8 Å². The molecule has 3 aliphatic heterocycles. The number of fused-ring (bicyclic) bond motifs is 7. The summed E-state index contributed by atoms with van der Waals surface area (Å²) in [6, 6.07) is 4.72. The van der Waals surface area contributed by atoms with E-state index in [9.17, 15) is 9.59 Å². The van der Waals surface area contributed by atoms with Gasteiger partial charge in [-0.05, 0) is 94.5 Å². The van der Waals surface area contributed by atoms with Crippen LogP contribution in [0, 0.1) is 25.7 Å². The highest BCUT2D eigenvalue weighted by atomic mass is 16.5. The highest BCUT2D eigenvalue weighted by molar-refractivity contribution is 5.87. The number of nitrogens with zero attached hydrogens (tertiary/aromatic N) is 2. The van der Waals surface area contributed by atoms with Crippen LogP contribution in [-0.4, -0.2) is 54.0 Å². The van der Waals surface area contributed by atoms with Gasteiger partial charge in [0.05, 0.1) is 18.0 Å². The minimum Gasteiger partial charge on any atom is -0.489 e. The minimum absolute atomic E-state index is 0.0488. The summed E-state index contributed by atoms with van der Waals surface area (Å²) in [5, 5.41) is 0.857. The van der Waals surface area contributed by atoms with Crippen molar-refractivity contribution in [2.24, 2.45) is 11.8 Å². The van der Waals surface area contributed by atoms with Crippen LogP contribution in [0.25, 0.3) is 11.0 Å². The second-order valence-corrected chi connectivity index (χ2v) is 12.1. The standard InChI is InChI=1S/C32H40N2O4/c1-19(2)18-37-28-11-10-25-20(3)26(32(36)38-31(25)21(28)4)16-29(35)34-13-7-8-22-14-23-15-24(30(22)34)17-33-12-6-5-9-27(23)33/h10-11,14,23-24,27,30H,1,5-9,12-13,15-18H2,2-4H3/t23?,24?,27-,30-/m1/s1. The molecule has 6 rings (SSSR count).